The molecule has 0 saturated heterocycles. The van der Waals surface area contributed by atoms with Gasteiger partial charge in [0.25, 0.3) is 0 Å². The Balaban J connectivity index is 1.83. The maximum Gasteiger partial charge on any atom is 0.246 e. The number of aliphatic imine (C=N–C) groups is 1. The van der Waals surface area contributed by atoms with Gasteiger partial charge in [-0.05, 0) is 49.4 Å². The van der Waals surface area contributed by atoms with Gasteiger partial charge in [0.1, 0.15) is 6.54 Å². The van der Waals surface area contributed by atoms with E-state index in [2.05, 4.69) is 46.8 Å². The molecule has 1 unspecified atom stereocenters. The van der Waals surface area contributed by atoms with Crippen LogP contribution in [0.3, 0.4) is 0 Å². The zero-order chi connectivity index (χ0) is 20.4. The molecular formula is C21H32N6O. The summed E-state index contributed by atoms with van der Waals surface area (Å²) >= 11 is 0. The highest BCUT2D eigenvalue weighted by Crippen LogP contribution is 2.11. The van der Waals surface area contributed by atoms with Crippen LogP contribution in [0.2, 0.25) is 0 Å². The van der Waals surface area contributed by atoms with Gasteiger partial charge in [0.2, 0.25) is 5.91 Å². The molecule has 28 heavy (non-hydrogen) atoms. The van der Waals surface area contributed by atoms with E-state index in [9.17, 15) is 4.79 Å². The summed E-state index contributed by atoms with van der Waals surface area (Å²) in [5.74, 6) is 1.38. The molecule has 7 nitrogen and oxygen atoms in total. The number of benzene rings is 1. The standard InChI is InChI=1S/C21H32N6O/c1-16(2)9-10-17(3)25-21(22-4)23-14-18-7-5-8-19(13-18)26-20(28)15-27-12-6-11-24-27/h5-8,11-13,16-17H,9-10,14-15H2,1-4H3,(H,26,28)(H2,22,23,25). The highest BCUT2D eigenvalue weighted by Gasteiger charge is 2.07. The number of guanidine groups is 1. The number of carbonyl (C=O) groups is 1. The van der Waals surface area contributed by atoms with Gasteiger partial charge in [0.15, 0.2) is 5.96 Å². The van der Waals surface area contributed by atoms with Crippen molar-refractivity contribution in [2.75, 3.05) is 12.4 Å². The summed E-state index contributed by atoms with van der Waals surface area (Å²) in [5, 5.41) is 13.7. The minimum absolute atomic E-state index is 0.106. The summed E-state index contributed by atoms with van der Waals surface area (Å²) < 4.78 is 1.59. The third-order valence-corrected chi connectivity index (χ3v) is 4.32. The number of nitrogens with zero attached hydrogens (tertiary/aromatic N) is 3. The third-order valence-electron chi connectivity index (χ3n) is 4.32. The largest absolute Gasteiger partial charge is 0.354 e. The van der Waals surface area contributed by atoms with Gasteiger partial charge in [-0.15, -0.1) is 0 Å². The Hall–Kier alpha value is -2.83. The quantitative estimate of drug-likeness (QED) is 0.458. The fraction of sp³-hybridized carbons (Fsp3) is 0.476. The van der Waals surface area contributed by atoms with Crippen LogP contribution in [0.15, 0.2) is 47.7 Å². The molecule has 0 radical (unpaired) electrons. The van der Waals surface area contributed by atoms with Gasteiger partial charge in [0.05, 0.1) is 0 Å². The van der Waals surface area contributed by atoms with Crippen molar-refractivity contribution in [2.45, 2.75) is 52.7 Å². The molecule has 0 saturated carbocycles. The molecule has 152 valence electrons. The minimum atomic E-state index is -0.106. The molecule has 1 atom stereocenters. The SMILES string of the molecule is CN=C(NCc1cccc(NC(=O)Cn2cccn2)c1)NC(C)CCC(C)C. The maximum atomic E-state index is 12.1. The summed E-state index contributed by atoms with van der Waals surface area (Å²) in [6.07, 6.45) is 5.71. The smallest absolute Gasteiger partial charge is 0.246 e. The molecule has 0 spiro atoms. The van der Waals surface area contributed by atoms with E-state index in [-0.39, 0.29) is 12.5 Å². The number of nitrogens with one attached hydrogen (secondary N) is 3. The average Bonchev–Trinajstić information content (AvgIpc) is 3.16. The molecule has 1 amide bonds. The summed E-state index contributed by atoms with van der Waals surface area (Å²) in [4.78, 5) is 16.4. The first-order valence-corrected chi connectivity index (χ1v) is 9.79. The number of carbonyl (C=O) groups excluding carboxylic acids is 1. The van der Waals surface area contributed by atoms with E-state index in [0.29, 0.717) is 18.5 Å². The third kappa shape index (κ3) is 7.82. The molecule has 2 rings (SSSR count). The van der Waals surface area contributed by atoms with E-state index < -0.39 is 0 Å². The Morgan fingerprint density at radius 2 is 2.04 bits per heavy atom. The topological polar surface area (TPSA) is 83.3 Å². The average molecular weight is 385 g/mol. The van der Waals surface area contributed by atoms with Crippen molar-refractivity contribution in [3.63, 3.8) is 0 Å². The van der Waals surface area contributed by atoms with Crippen LogP contribution in [0.25, 0.3) is 0 Å². The number of anilines is 1. The van der Waals surface area contributed by atoms with Gasteiger partial charge in [-0.2, -0.15) is 5.10 Å². The van der Waals surface area contributed by atoms with E-state index in [4.69, 9.17) is 0 Å². The molecule has 2 aromatic rings. The molecule has 0 bridgehead atoms. The van der Waals surface area contributed by atoms with Crippen molar-refractivity contribution >= 4 is 17.6 Å². The Labute approximate surface area is 167 Å². The molecule has 1 aromatic carbocycles. The van der Waals surface area contributed by atoms with E-state index in [1.165, 1.54) is 6.42 Å². The normalized spacial score (nSPS) is 12.7. The lowest BCUT2D eigenvalue weighted by atomic mass is 10.0. The summed E-state index contributed by atoms with van der Waals surface area (Å²) in [6, 6.07) is 9.95. The fourth-order valence-electron chi connectivity index (χ4n) is 2.77. The highest BCUT2D eigenvalue weighted by atomic mass is 16.2. The first-order valence-electron chi connectivity index (χ1n) is 9.79. The van der Waals surface area contributed by atoms with Gasteiger partial charge >= 0.3 is 0 Å². The zero-order valence-electron chi connectivity index (χ0n) is 17.3. The molecule has 1 aromatic heterocycles. The number of rotatable bonds is 9. The van der Waals surface area contributed by atoms with Crippen LogP contribution in [0, 0.1) is 5.92 Å². The lowest BCUT2D eigenvalue weighted by Crippen LogP contribution is -2.41. The lowest BCUT2D eigenvalue weighted by Gasteiger charge is -2.19. The van der Waals surface area contributed by atoms with Crippen LogP contribution < -0.4 is 16.0 Å². The molecular weight excluding hydrogens is 352 g/mol. The fourth-order valence-corrected chi connectivity index (χ4v) is 2.77. The van der Waals surface area contributed by atoms with Gasteiger partial charge < -0.3 is 16.0 Å². The van der Waals surface area contributed by atoms with Gasteiger partial charge in [0, 0.05) is 37.7 Å². The van der Waals surface area contributed by atoms with Crippen molar-refractivity contribution in [3.05, 3.63) is 48.3 Å². The van der Waals surface area contributed by atoms with Gasteiger partial charge in [-0.25, -0.2) is 0 Å². The molecule has 0 aliphatic carbocycles. The van der Waals surface area contributed by atoms with Crippen molar-refractivity contribution in [3.8, 4) is 0 Å². The second-order valence-corrected chi connectivity index (χ2v) is 7.39. The van der Waals surface area contributed by atoms with Crippen LogP contribution in [-0.2, 0) is 17.9 Å². The first-order chi connectivity index (χ1) is 13.5. The Bertz CT molecular complexity index is 754. The monoisotopic (exact) mass is 384 g/mol. The van der Waals surface area contributed by atoms with Crippen LogP contribution in [0.5, 0.6) is 0 Å². The second-order valence-electron chi connectivity index (χ2n) is 7.39. The van der Waals surface area contributed by atoms with Crippen molar-refractivity contribution in [1.29, 1.82) is 0 Å². The first kappa shape index (κ1) is 21.5. The summed E-state index contributed by atoms with van der Waals surface area (Å²) in [7, 11) is 1.77. The molecule has 7 heteroatoms. The molecule has 0 aliphatic heterocycles. The zero-order valence-corrected chi connectivity index (χ0v) is 17.3. The predicted octanol–water partition coefficient (Wildman–Crippen LogP) is 3.01. The predicted molar refractivity (Wildman–Crippen MR) is 114 cm³/mol. The molecule has 0 fully saturated rings. The van der Waals surface area contributed by atoms with Crippen LogP contribution in [0.4, 0.5) is 5.69 Å². The number of aromatic nitrogens is 2. The summed E-state index contributed by atoms with van der Waals surface area (Å²) in [6.45, 7) is 7.46. The number of amides is 1. The minimum Gasteiger partial charge on any atom is -0.354 e. The summed E-state index contributed by atoms with van der Waals surface area (Å²) in [5.41, 5.74) is 1.83. The Kier molecular flexibility index (Phi) is 8.52. The van der Waals surface area contributed by atoms with Crippen LogP contribution in [-0.4, -0.2) is 34.7 Å². The van der Waals surface area contributed by atoms with Crippen molar-refractivity contribution < 1.29 is 4.79 Å². The van der Waals surface area contributed by atoms with E-state index in [0.717, 1.165) is 23.6 Å². The van der Waals surface area contributed by atoms with Crippen LogP contribution in [0.1, 0.15) is 39.2 Å². The van der Waals surface area contributed by atoms with Crippen molar-refractivity contribution in [2.24, 2.45) is 10.9 Å². The van der Waals surface area contributed by atoms with Gasteiger partial charge in [-0.1, -0.05) is 26.0 Å². The maximum absolute atomic E-state index is 12.1. The molecule has 3 N–H and O–H groups in total. The number of hydrogen-bond donors (Lipinski definition) is 3. The Morgan fingerprint density at radius 1 is 1.21 bits per heavy atom. The van der Waals surface area contributed by atoms with Crippen LogP contribution >= 0.6 is 0 Å². The van der Waals surface area contributed by atoms with E-state index in [1.54, 1.807) is 30.2 Å². The molecule has 1 heterocycles. The second kappa shape index (κ2) is 11.1. The van der Waals surface area contributed by atoms with Gasteiger partial charge in [-0.3, -0.25) is 14.5 Å². The van der Waals surface area contributed by atoms with Crippen molar-refractivity contribution in [1.82, 2.24) is 20.4 Å². The number of hydrogen-bond acceptors (Lipinski definition) is 3. The van der Waals surface area contributed by atoms with E-state index in [1.807, 2.05) is 24.3 Å². The van der Waals surface area contributed by atoms with E-state index >= 15 is 0 Å². The Morgan fingerprint density at radius 3 is 2.71 bits per heavy atom. The lowest BCUT2D eigenvalue weighted by molar-refractivity contribution is -0.116. The molecule has 0 aliphatic rings. The highest BCUT2D eigenvalue weighted by molar-refractivity contribution is 5.90.